The van der Waals surface area contributed by atoms with Gasteiger partial charge < -0.3 is 15.0 Å². The fraction of sp³-hybridized carbons (Fsp3) is 0.360. The van der Waals surface area contributed by atoms with Gasteiger partial charge >= 0.3 is 6.09 Å². The monoisotopic (exact) mass is 437 g/mol. The number of ether oxygens (including phenoxy) is 1. The van der Waals surface area contributed by atoms with Gasteiger partial charge in [0.15, 0.2) is 0 Å². The Bertz CT molecular complexity index is 1070. The number of fused-ring (bicyclic) bond motifs is 1. The van der Waals surface area contributed by atoms with Crippen LogP contribution in [0.4, 0.5) is 16.2 Å². The fourth-order valence-electron chi connectivity index (χ4n) is 3.95. The Labute approximate surface area is 188 Å². The van der Waals surface area contributed by atoms with Crippen LogP contribution in [-0.4, -0.2) is 34.7 Å². The number of benzene rings is 2. The maximum atomic E-state index is 12.3. The van der Waals surface area contributed by atoms with Crippen molar-refractivity contribution in [2.24, 2.45) is 0 Å². The molecular weight excluding hydrogens is 410 g/mol. The standard InChI is InChI=1S/C25H28ClN3O2/c1-25(2,3)31-24(30)29-14-11-18(12-15-29)17-4-7-20(8-5-17)28-22-10-13-27-23-16-19(26)6-9-21(22)23/h4-10,13,16,18H,11-12,14-15H2,1-3H3,(H,27,28). The van der Waals surface area contributed by atoms with Crippen LogP contribution in [0.1, 0.15) is 45.1 Å². The number of carbonyl (C=O) groups excluding carboxylic acids is 1. The fourth-order valence-corrected chi connectivity index (χ4v) is 4.11. The van der Waals surface area contributed by atoms with Gasteiger partial charge in [-0.25, -0.2) is 4.79 Å². The first-order valence-corrected chi connectivity index (χ1v) is 11.1. The third-order valence-electron chi connectivity index (χ3n) is 5.51. The van der Waals surface area contributed by atoms with Gasteiger partial charge in [0, 0.05) is 41.1 Å². The lowest BCUT2D eigenvalue weighted by Gasteiger charge is -2.33. The van der Waals surface area contributed by atoms with Crippen molar-refractivity contribution in [2.75, 3.05) is 18.4 Å². The highest BCUT2D eigenvalue weighted by Crippen LogP contribution is 2.31. The summed E-state index contributed by atoms with van der Waals surface area (Å²) in [4.78, 5) is 18.5. The average Bonchev–Trinajstić information content (AvgIpc) is 2.73. The molecule has 6 heteroatoms. The molecule has 5 nitrogen and oxygen atoms in total. The molecule has 1 aliphatic heterocycles. The smallest absolute Gasteiger partial charge is 0.410 e. The van der Waals surface area contributed by atoms with Crippen LogP contribution in [-0.2, 0) is 4.74 Å². The van der Waals surface area contributed by atoms with Crippen LogP contribution in [0, 0.1) is 0 Å². The van der Waals surface area contributed by atoms with Crippen molar-refractivity contribution in [1.29, 1.82) is 0 Å². The maximum absolute atomic E-state index is 12.3. The Hall–Kier alpha value is -2.79. The minimum Gasteiger partial charge on any atom is -0.444 e. The molecule has 1 N–H and O–H groups in total. The first kappa shape index (κ1) is 21.4. The van der Waals surface area contributed by atoms with Crippen molar-refractivity contribution in [3.8, 4) is 0 Å². The zero-order valence-corrected chi connectivity index (χ0v) is 18.9. The van der Waals surface area contributed by atoms with Crippen molar-refractivity contribution >= 4 is 40.0 Å². The van der Waals surface area contributed by atoms with Gasteiger partial charge in [0.05, 0.1) is 5.52 Å². The predicted octanol–water partition coefficient (Wildman–Crippen LogP) is 6.75. The number of hydrogen-bond donors (Lipinski definition) is 1. The number of nitrogens with zero attached hydrogens (tertiary/aromatic N) is 2. The summed E-state index contributed by atoms with van der Waals surface area (Å²) in [6, 6.07) is 16.3. The molecule has 0 spiro atoms. The zero-order chi connectivity index (χ0) is 22.0. The first-order chi connectivity index (χ1) is 14.8. The van der Waals surface area contributed by atoms with Crippen LogP contribution in [0.5, 0.6) is 0 Å². The third kappa shape index (κ3) is 5.28. The van der Waals surface area contributed by atoms with Crippen LogP contribution in [0.15, 0.2) is 54.7 Å². The highest BCUT2D eigenvalue weighted by atomic mass is 35.5. The lowest BCUT2D eigenvalue weighted by molar-refractivity contribution is 0.0205. The summed E-state index contributed by atoms with van der Waals surface area (Å²) in [5.74, 6) is 0.455. The molecule has 1 aliphatic rings. The normalized spacial score (nSPS) is 15.2. The average molecular weight is 438 g/mol. The predicted molar refractivity (Wildman–Crippen MR) is 126 cm³/mol. The number of hydrogen-bond acceptors (Lipinski definition) is 4. The van der Waals surface area contributed by atoms with Crippen LogP contribution in [0.3, 0.4) is 0 Å². The van der Waals surface area contributed by atoms with E-state index in [1.807, 2.05) is 49.9 Å². The van der Waals surface area contributed by atoms with Crippen molar-refractivity contribution in [1.82, 2.24) is 9.88 Å². The van der Waals surface area contributed by atoms with Gasteiger partial charge in [-0.05, 0) is 81.5 Å². The zero-order valence-electron chi connectivity index (χ0n) is 18.2. The quantitative estimate of drug-likeness (QED) is 0.492. The highest BCUT2D eigenvalue weighted by Gasteiger charge is 2.27. The third-order valence-corrected chi connectivity index (χ3v) is 5.75. The van der Waals surface area contributed by atoms with Gasteiger partial charge in [0.25, 0.3) is 0 Å². The Morgan fingerprint density at radius 3 is 2.48 bits per heavy atom. The van der Waals surface area contributed by atoms with E-state index < -0.39 is 5.60 Å². The number of piperidine rings is 1. The lowest BCUT2D eigenvalue weighted by Crippen LogP contribution is -2.41. The largest absolute Gasteiger partial charge is 0.444 e. The maximum Gasteiger partial charge on any atom is 0.410 e. The highest BCUT2D eigenvalue weighted by molar-refractivity contribution is 6.31. The van der Waals surface area contributed by atoms with Gasteiger partial charge in [-0.1, -0.05) is 23.7 Å². The Morgan fingerprint density at radius 1 is 1.10 bits per heavy atom. The number of carbonyl (C=O) groups is 1. The molecule has 2 heterocycles. The molecular formula is C25H28ClN3O2. The number of rotatable bonds is 3. The Kier molecular flexibility index (Phi) is 6.05. The van der Waals surface area contributed by atoms with Crippen molar-refractivity contribution in [3.63, 3.8) is 0 Å². The number of halogens is 1. The van der Waals surface area contributed by atoms with E-state index >= 15 is 0 Å². The van der Waals surface area contributed by atoms with Gasteiger partial charge in [-0.3, -0.25) is 4.98 Å². The van der Waals surface area contributed by atoms with E-state index in [2.05, 4.69) is 34.6 Å². The van der Waals surface area contributed by atoms with E-state index in [0.717, 1.165) is 48.2 Å². The summed E-state index contributed by atoms with van der Waals surface area (Å²) < 4.78 is 5.49. The Balaban J connectivity index is 1.39. The summed E-state index contributed by atoms with van der Waals surface area (Å²) in [6.45, 7) is 7.15. The molecule has 1 saturated heterocycles. The number of pyridine rings is 1. The number of likely N-dealkylation sites (tertiary alicyclic amines) is 1. The van der Waals surface area contributed by atoms with Gasteiger partial charge in [-0.2, -0.15) is 0 Å². The van der Waals surface area contributed by atoms with Crippen molar-refractivity contribution in [2.45, 2.75) is 45.1 Å². The molecule has 1 fully saturated rings. The summed E-state index contributed by atoms with van der Waals surface area (Å²) in [6.07, 6.45) is 3.47. The summed E-state index contributed by atoms with van der Waals surface area (Å²) in [5, 5.41) is 5.20. The molecule has 4 rings (SSSR count). The minimum atomic E-state index is -0.455. The lowest BCUT2D eigenvalue weighted by atomic mass is 9.89. The number of anilines is 2. The van der Waals surface area contributed by atoms with E-state index in [9.17, 15) is 4.79 Å². The van der Waals surface area contributed by atoms with Crippen LogP contribution in [0.2, 0.25) is 5.02 Å². The second kappa shape index (κ2) is 8.75. The first-order valence-electron chi connectivity index (χ1n) is 10.7. The molecule has 1 amide bonds. The van der Waals surface area contributed by atoms with E-state index in [-0.39, 0.29) is 6.09 Å². The molecule has 0 radical (unpaired) electrons. The van der Waals surface area contributed by atoms with Crippen molar-refractivity contribution < 1.29 is 9.53 Å². The van der Waals surface area contributed by atoms with Crippen LogP contribution >= 0.6 is 11.6 Å². The summed E-state index contributed by atoms with van der Waals surface area (Å²) in [5.41, 5.74) is 3.74. The van der Waals surface area contributed by atoms with Crippen LogP contribution in [0.25, 0.3) is 10.9 Å². The molecule has 0 atom stereocenters. The number of aromatic nitrogens is 1. The molecule has 0 saturated carbocycles. The second-order valence-electron chi connectivity index (χ2n) is 9.01. The number of nitrogens with one attached hydrogen (secondary N) is 1. The van der Waals surface area contributed by atoms with E-state index in [1.165, 1.54) is 5.56 Å². The molecule has 0 aliphatic carbocycles. The molecule has 31 heavy (non-hydrogen) atoms. The molecule has 0 unspecified atom stereocenters. The Morgan fingerprint density at radius 2 is 1.81 bits per heavy atom. The van der Waals surface area contributed by atoms with E-state index in [0.29, 0.717) is 10.9 Å². The summed E-state index contributed by atoms with van der Waals surface area (Å²) >= 11 is 6.09. The molecule has 1 aromatic heterocycles. The number of amides is 1. The second-order valence-corrected chi connectivity index (χ2v) is 9.45. The van der Waals surface area contributed by atoms with Crippen LogP contribution < -0.4 is 5.32 Å². The van der Waals surface area contributed by atoms with Gasteiger partial charge in [-0.15, -0.1) is 0 Å². The van der Waals surface area contributed by atoms with Gasteiger partial charge in [0.1, 0.15) is 5.60 Å². The van der Waals surface area contributed by atoms with E-state index in [4.69, 9.17) is 16.3 Å². The molecule has 0 bridgehead atoms. The van der Waals surface area contributed by atoms with Crippen molar-refractivity contribution in [3.05, 3.63) is 65.3 Å². The van der Waals surface area contributed by atoms with Gasteiger partial charge in [0.2, 0.25) is 0 Å². The molecule has 3 aromatic rings. The molecule has 2 aromatic carbocycles. The molecule has 162 valence electrons. The minimum absolute atomic E-state index is 0.212. The SMILES string of the molecule is CC(C)(C)OC(=O)N1CCC(c2ccc(Nc3ccnc4cc(Cl)ccc34)cc2)CC1. The van der Waals surface area contributed by atoms with E-state index in [1.54, 1.807) is 6.20 Å². The topological polar surface area (TPSA) is 54.5 Å². The summed E-state index contributed by atoms with van der Waals surface area (Å²) in [7, 11) is 0.